The van der Waals surface area contributed by atoms with E-state index in [4.69, 9.17) is 19.9 Å². The van der Waals surface area contributed by atoms with Crippen LogP contribution in [-0.2, 0) is 0 Å². The highest BCUT2D eigenvalue weighted by Crippen LogP contribution is 2.33. The van der Waals surface area contributed by atoms with Gasteiger partial charge in [0.1, 0.15) is 19.5 Å². The number of rotatable bonds is 3. The summed E-state index contributed by atoms with van der Waals surface area (Å²) in [6.07, 6.45) is 1.44. The Morgan fingerprint density at radius 1 is 1.15 bits per heavy atom. The van der Waals surface area contributed by atoms with Gasteiger partial charge in [-0.2, -0.15) is 0 Å². The van der Waals surface area contributed by atoms with E-state index >= 15 is 0 Å². The van der Waals surface area contributed by atoms with Gasteiger partial charge in [-0.15, -0.1) is 0 Å². The molecule has 20 heavy (non-hydrogen) atoms. The number of nitrogens with two attached hydrogens (primary N) is 1. The van der Waals surface area contributed by atoms with E-state index in [9.17, 15) is 0 Å². The van der Waals surface area contributed by atoms with Crippen LogP contribution in [0.25, 0.3) is 0 Å². The zero-order valence-corrected chi connectivity index (χ0v) is 11.1. The minimum atomic E-state index is -0.372. The van der Waals surface area contributed by atoms with Crippen molar-refractivity contribution in [2.45, 2.75) is 6.04 Å². The Morgan fingerprint density at radius 2 is 1.95 bits per heavy atom. The molecule has 1 aliphatic heterocycles. The van der Waals surface area contributed by atoms with Crippen molar-refractivity contribution in [3.05, 3.63) is 41.9 Å². The Kier molecular flexibility index (Phi) is 3.39. The van der Waals surface area contributed by atoms with E-state index < -0.39 is 0 Å². The molecule has 6 nitrogen and oxygen atoms in total. The molecule has 104 valence electrons. The molecule has 1 unspecified atom stereocenters. The monoisotopic (exact) mass is 273 g/mol. The molecular weight excluding hydrogens is 258 g/mol. The number of aromatic nitrogens is 2. The normalized spacial score (nSPS) is 14.7. The summed E-state index contributed by atoms with van der Waals surface area (Å²) in [5.74, 6) is 1.95. The van der Waals surface area contributed by atoms with Crippen molar-refractivity contribution in [3.63, 3.8) is 0 Å². The maximum atomic E-state index is 6.23. The molecule has 0 saturated carbocycles. The minimum Gasteiger partial charge on any atom is -0.486 e. The molecule has 1 aliphatic rings. The van der Waals surface area contributed by atoms with Crippen molar-refractivity contribution in [1.82, 2.24) is 9.97 Å². The lowest BCUT2D eigenvalue weighted by atomic mass is 10.0. The fraction of sp³-hybridized carbons (Fsp3) is 0.286. The van der Waals surface area contributed by atoms with Gasteiger partial charge in [-0.3, -0.25) is 0 Å². The van der Waals surface area contributed by atoms with Crippen molar-refractivity contribution >= 4 is 0 Å². The smallest absolute Gasteiger partial charge is 0.216 e. The second kappa shape index (κ2) is 5.34. The van der Waals surface area contributed by atoms with Gasteiger partial charge in [0.2, 0.25) is 5.88 Å². The first-order valence-corrected chi connectivity index (χ1v) is 6.29. The highest BCUT2D eigenvalue weighted by atomic mass is 16.6. The summed E-state index contributed by atoms with van der Waals surface area (Å²) in [5.41, 5.74) is 7.82. The molecule has 1 aromatic heterocycles. The Balaban J connectivity index is 1.91. The van der Waals surface area contributed by atoms with Crippen LogP contribution in [0.1, 0.15) is 17.3 Å². The lowest BCUT2D eigenvalue weighted by Crippen LogP contribution is -2.17. The van der Waals surface area contributed by atoms with Crippen LogP contribution in [-0.4, -0.2) is 30.3 Å². The molecule has 1 atom stereocenters. The molecule has 0 fully saturated rings. The number of methoxy groups -OCH3 is 1. The summed E-state index contributed by atoms with van der Waals surface area (Å²) in [4.78, 5) is 8.16. The molecule has 0 saturated heterocycles. The number of hydrogen-bond donors (Lipinski definition) is 1. The third kappa shape index (κ3) is 2.37. The lowest BCUT2D eigenvalue weighted by Gasteiger charge is -2.20. The predicted molar refractivity (Wildman–Crippen MR) is 72.0 cm³/mol. The summed E-state index contributed by atoms with van der Waals surface area (Å²) in [7, 11) is 1.56. The summed E-state index contributed by atoms with van der Waals surface area (Å²) in [5, 5.41) is 0. The average Bonchev–Trinajstić information content (AvgIpc) is 2.53. The van der Waals surface area contributed by atoms with Gasteiger partial charge >= 0.3 is 0 Å². The van der Waals surface area contributed by atoms with Crippen molar-refractivity contribution in [2.75, 3.05) is 20.3 Å². The van der Waals surface area contributed by atoms with Crippen LogP contribution in [0.2, 0.25) is 0 Å². The molecule has 3 rings (SSSR count). The summed E-state index contributed by atoms with van der Waals surface area (Å²) in [6, 6.07) is 7.01. The fourth-order valence-corrected chi connectivity index (χ4v) is 2.06. The van der Waals surface area contributed by atoms with E-state index in [-0.39, 0.29) is 6.04 Å². The second-order valence-electron chi connectivity index (χ2n) is 4.37. The summed E-state index contributed by atoms with van der Waals surface area (Å²) < 4.78 is 16.1. The van der Waals surface area contributed by atoms with Crippen molar-refractivity contribution < 1.29 is 14.2 Å². The number of ether oxygens (including phenoxy) is 3. The molecule has 0 amide bonds. The Hall–Kier alpha value is -2.34. The maximum absolute atomic E-state index is 6.23. The van der Waals surface area contributed by atoms with E-state index in [0.717, 1.165) is 11.3 Å². The Morgan fingerprint density at radius 3 is 2.75 bits per heavy atom. The highest BCUT2D eigenvalue weighted by Gasteiger charge is 2.17. The van der Waals surface area contributed by atoms with Gasteiger partial charge in [0.25, 0.3) is 0 Å². The van der Waals surface area contributed by atoms with Crippen molar-refractivity contribution in [1.29, 1.82) is 0 Å². The summed E-state index contributed by atoms with van der Waals surface area (Å²) in [6.45, 7) is 1.12. The number of benzene rings is 1. The van der Waals surface area contributed by atoms with Crippen LogP contribution in [0.4, 0.5) is 0 Å². The minimum absolute atomic E-state index is 0.372. The molecule has 0 bridgehead atoms. The highest BCUT2D eigenvalue weighted by molar-refractivity contribution is 5.46. The maximum Gasteiger partial charge on any atom is 0.216 e. The fourth-order valence-electron chi connectivity index (χ4n) is 2.06. The molecule has 2 heterocycles. The Bertz CT molecular complexity index is 618. The molecule has 0 radical (unpaired) electrons. The summed E-state index contributed by atoms with van der Waals surface area (Å²) >= 11 is 0. The van der Waals surface area contributed by atoms with Crippen LogP contribution in [0.5, 0.6) is 17.4 Å². The third-order valence-corrected chi connectivity index (χ3v) is 3.12. The molecule has 2 N–H and O–H groups in total. The van der Waals surface area contributed by atoms with Gasteiger partial charge in [-0.25, -0.2) is 9.97 Å². The molecular formula is C14H15N3O3. The topological polar surface area (TPSA) is 79.5 Å². The van der Waals surface area contributed by atoms with E-state index in [1.54, 1.807) is 13.2 Å². The molecule has 1 aromatic carbocycles. The zero-order valence-electron chi connectivity index (χ0n) is 11.1. The van der Waals surface area contributed by atoms with E-state index in [1.165, 1.54) is 6.33 Å². The number of hydrogen-bond acceptors (Lipinski definition) is 6. The standard InChI is InChI=1S/C14H15N3O3/c1-18-13-7-10(16-8-17-13)14(15)9-2-3-11-12(6-9)20-5-4-19-11/h2-3,6-8,14H,4-5,15H2,1H3. The largest absolute Gasteiger partial charge is 0.486 e. The van der Waals surface area contributed by atoms with Crippen molar-refractivity contribution in [2.24, 2.45) is 5.73 Å². The molecule has 6 heteroatoms. The quantitative estimate of drug-likeness (QED) is 0.908. The third-order valence-electron chi connectivity index (χ3n) is 3.12. The SMILES string of the molecule is COc1cc(C(N)c2ccc3c(c2)OCCO3)ncn1. The van der Waals surface area contributed by atoms with Gasteiger partial charge in [-0.05, 0) is 17.7 Å². The number of fused-ring (bicyclic) bond motifs is 1. The second-order valence-corrected chi connectivity index (χ2v) is 4.37. The van der Waals surface area contributed by atoms with Gasteiger partial charge < -0.3 is 19.9 Å². The molecule has 2 aromatic rings. The van der Waals surface area contributed by atoms with Gasteiger partial charge in [-0.1, -0.05) is 6.07 Å². The van der Waals surface area contributed by atoms with Gasteiger partial charge in [0.05, 0.1) is 18.8 Å². The van der Waals surface area contributed by atoms with Crippen molar-refractivity contribution in [3.8, 4) is 17.4 Å². The van der Waals surface area contributed by atoms with Crippen LogP contribution < -0.4 is 19.9 Å². The van der Waals surface area contributed by atoms with E-state index in [2.05, 4.69) is 9.97 Å². The van der Waals surface area contributed by atoms with Gasteiger partial charge in [0, 0.05) is 6.07 Å². The first-order chi connectivity index (χ1) is 9.78. The number of nitrogens with zero attached hydrogens (tertiary/aromatic N) is 2. The zero-order chi connectivity index (χ0) is 13.9. The van der Waals surface area contributed by atoms with E-state index in [1.807, 2.05) is 18.2 Å². The van der Waals surface area contributed by atoms with Crippen LogP contribution in [0, 0.1) is 0 Å². The average molecular weight is 273 g/mol. The van der Waals surface area contributed by atoms with Gasteiger partial charge in [0.15, 0.2) is 11.5 Å². The van der Waals surface area contributed by atoms with Crippen LogP contribution in [0.15, 0.2) is 30.6 Å². The predicted octanol–water partition coefficient (Wildman–Crippen LogP) is 1.30. The van der Waals surface area contributed by atoms with Crippen LogP contribution >= 0.6 is 0 Å². The lowest BCUT2D eigenvalue weighted by molar-refractivity contribution is 0.171. The van der Waals surface area contributed by atoms with Crippen LogP contribution in [0.3, 0.4) is 0 Å². The first-order valence-electron chi connectivity index (χ1n) is 6.29. The Labute approximate surface area is 116 Å². The molecule has 0 spiro atoms. The molecule has 0 aliphatic carbocycles. The first kappa shape index (κ1) is 12.7. The van der Waals surface area contributed by atoms with E-state index in [0.29, 0.717) is 30.5 Å².